The van der Waals surface area contributed by atoms with Crippen molar-refractivity contribution in [2.45, 2.75) is 271 Å². The maximum absolute atomic E-state index is 12.9. The Labute approximate surface area is 422 Å². The Morgan fingerprint density at radius 2 is 0.662 bits per heavy atom. The van der Waals surface area contributed by atoms with Crippen molar-refractivity contribution in [1.29, 1.82) is 0 Å². The van der Waals surface area contributed by atoms with Crippen molar-refractivity contribution >= 4 is 11.9 Å². The first-order valence-electron chi connectivity index (χ1n) is 28.8. The fourth-order valence-electron chi connectivity index (χ4n) is 7.80. The van der Waals surface area contributed by atoms with E-state index in [9.17, 15) is 9.59 Å². The molecule has 0 radical (unpaired) electrons. The molecule has 1 atom stereocenters. The number of rotatable bonds is 52. The van der Waals surface area contributed by atoms with Gasteiger partial charge in [0.05, 0.1) is 6.61 Å². The summed E-state index contributed by atoms with van der Waals surface area (Å²) >= 11 is 0. The first-order chi connectivity index (χ1) is 33.6. The van der Waals surface area contributed by atoms with E-state index in [1.807, 2.05) is 0 Å². The molecule has 0 heterocycles. The molecule has 0 aliphatic heterocycles. The lowest BCUT2D eigenvalue weighted by atomic mass is 10.1. The molecule has 68 heavy (non-hydrogen) atoms. The van der Waals surface area contributed by atoms with Gasteiger partial charge in [-0.2, -0.15) is 0 Å². The van der Waals surface area contributed by atoms with Crippen molar-refractivity contribution in [2.24, 2.45) is 0 Å². The molecule has 0 aliphatic rings. The van der Waals surface area contributed by atoms with Crippen LogP contribution in [0.5, 0.6) is 0 Å². The van der Waals surface area contributed by atoms with Crippen LogP contribution in [0.15, 0.2) is 97.2 Å². The molecule has 0 rings (SSSR count). The Morgan fingerprint density at radius 3 is 1.06 bits per heavy atom. The van der Waals surface area contributed by atoms with Gasteiger partial charge in [0, 0.05) is 19.4 Å². The number of allylic oxidation sites excluding steroid dienone is 16. The first kappa shape index (κ1) is 64.8. The Kier molecular flexibility index (Phi) is 55.4. The smallest absolute Gasteiger partial charge is 0.306 e. The largest absolute Gasteiger partial charge is 0.462 e. The zero-order valence-electron chi connectivity index (χ0n) is 44.8. The van der Waals surface area contributed by atoms with Gasteiger partial charge in [0.25, 0.3) is 0 Å². The average molecular weight is 946 g/mol. The number of carbonyl (C=O) groups excluding carboxylic acids is 2. The highest BCUT2D eigenvalue weighted by molar-refractivity contribution is 5.70. The van der Waals surface area contributed by atoms with E-state index in [1.165, 1.54) is 135 Å². The van der Waals surface area contributed by atoms with Gasteiger partial charge in [-0.15, -0.1) is 0 Å². The van der Waals surface area contributed by atoms with Crippen molar-refractivity contribution in [1.82, 2.24) is 0 Å². The topological polar surface area (TPSA) is 61.8 Å². The maximum atomic E-state index is 12.9. The molecule has 0 N–H and O–H groups in total. The number of carbonyl (C=O) groups is 2. The average Bonchev–Trinajstić information content (AvgIpc) is 3.34. The second kappa shape index (κ2) is 58.1. The van der Waals surface area contributed by atoms with E-state index >= 15 is 0 Å². The summed E-state index contributed by atoms with van der Waals surface area (Å²) in [5, 5.41) is 0. The quantitative estimate of drug-likeness (QED) is 0.0345. The number of esters is 2. The van der Waals surface area contributed by atoms with Gasteiger partial charge in [-0.05, 0) is 122 Å². The summed E-state index contributed by atoms with van der Waals surface area (Å²) in [5.41, 5.74) is 0. The molecule has 0 aromatic carbocycles. The molecule has 0 saturated heterocycles. The third-order valence-electron chi connectivity index (χ3n) is 12.1. The highest BCUT2D eigenvalue weighted by atomic mass is 16.6. The summed E-state index contributed by atoms with van der Waals surface area (Å²) in [6, 6.07) is 0. The second-order valence-corrected chi connectivity index (χ2v) is 18.8. The number of hydrogen-bond donors (Lipinski definition) is 0. The highest BCUT2D eigenvalue weighted by Gasteiger charge is 2.17. The predicted octanol–water partition coefficient (Wildman–Crippen LogP) is 19.8. The van der Waals surface area contributed by atoms with Crippen molar-refractivity contribution in [2.75, 3.05) is 19.8 Å². The lowest BCUT2D eigenvalue weighted by molar-refractivity contribution is -0.163. The Bertz CT molecular complexity index is 1300. The molecule has 5 nitrogen and oxygen atoms in total. The number of unbranched alkanes of at least 4 members (excludes halogenated alkanes) is 25. The molecular weight excluding hydrogens is 837 g/mol. The molecule has 5 heteroatoms. The lowest BCUT2D eigenvalue weighted by Crippen LogP contribution is -2.30. The second-order valence-electron chi connectivity index (χ2n) is 18.8. The predicted molar refractivity (Wildman–Crippen MR) is 297 cm³/mol. The fourth-order valence-corrected chi connectivity index (χ4v) is 7.80. The van der Waals surface area contributed by atoms with Crippen LogP contribution in [0.1, 0.15) is 265 Å². The summed E-state index contributed by atoms with van der Waals surface area (Å²) in [6.45, 7) is 7.63. The van der Waals surface area contributed by atoms with Crippen LogP contribution in [0.2, 0.25) is 0 Å². The number of ether oxygens (including phenoxy) is 3. The third-order valence-corrected chi connectivity index (χ3v) is 12.1. The molecule has 0 saturated carbocycles. The Hall–Kier alpha value is -3.18. The van der Waals surface area contributed by atoms with E-state index in [2.05, 4.69) is 118 Å². The van der Waals surface area contributed by atoms with Crippen molar-refractivity contribution in [3.05, 3.63) is 97.2 Å². The van der Waals surface area contributed by atoms with Crippen LogP contribution >= 0.6 is 0 Å². The van der Waals surface area contributed by atoms with Gasteiger partial charge in [0.1, 0.15) is 6.61 Å². The zero-order chi connectivity index (χ0) is 49.2. The Morgan fingerprint density at radius 1 is 0.338 bits per heavy atom. The van der Waals surface area contributed by atoms with E-state index in [1.54, 1.807) is 0 Å². The van der Waals surface area contributed by atoms with Crippen LogP contribution in [-0.4, -0.2) is 37.9 Å². The SMILES string of the molecule is CC/C=C\C/C=C\C/C=C\C/C=C\CCCCCCCCC(=O)OCC(COCCCCCCCC/C=C\C/C=C\CCCCC)OC(=O)CCCCCCCCC/C=C\C/C=C\CCCCC. The highest BCUT2D eigenvalue weighted by Crippen LogP contribution is 2.14. The first-order valence-corrected chi connectivity index (χ1v) is 28.8. The van der Waals surface area contributed by atoms with E-state index in [-0.39, 0.29) is 25.2 Å². The zero-order valence-corrected chi connectivity index (χ0v) is 44.8. The molecular formula is C63H108O5. The van der Waals surface area contributed by atoms with Gasteiger partial charge >= 0.3 is 11.9 Å². The molecule has 0 spiro atoms. The monoisotopic (exact) mass is 945 g/mol. The van der Waals surface area contributed by atoms with E-state index in [0.29, 0.717) is 19.4 Å². The van der Waals surface area contributed by atoms with Gasteiger partial charge in [-0.1, -0.05) is 227 Å². The normalized spacial score (nSPS) is 12.9. The minimum atomic E-state index is -0.558. The van der Waals surface area contributed by atoms with E-state index < -0.39 is 6.10 Å². The third kappa shape index (κ3) is 55.4. The lowest BCUT2D eigenvalue weighted by Gasteiger charge is -2.18. The minimum Gasteiger partial charge on any atom is -0.462 e. The maximum Gasteiger partial charge on any atom is 0.306 e. The van der Waals surface area contributed by atoms with Crippen LogP contribution in [0, 0.1) is 0 Å². The van der Waals surface area contributed by atoms with Crippen molar-refractivity contribution in [3.8, 4) is 0 Å². The molecule has 0 bridgehead atoms. The van der Waals surface area contributed by atoms with Gasteiger partial charge in [0.15, 0.2) is 6.10 Å². The van der Waals surface area contributed by atoms with Crippen LogP contribution in [0.4, 0.5) is 0 Å². The summed E-state index contributed by atoms with van der Waals surface area (Å²) in [4.78, 5) is 25.5. The van der Waals surface area contributed by atoms with Crippen LogP contribution < -0.4 is 0 Å². The standard InChI is InChI=1S/C63H108O5/c1-4-7-10-13-16-19-22-25-28-31-32-34-35-38-41-44-47-50-53-56-62(64)67-60-61(59-66-58-55-52-49-46-43-40-37-30-27-24-21-18-15-12-9-6-3)68-63(65)57-54-51-48-45-42-39-36-33-29-26-23-20-17-14-11-8-5-2/h7,10,16-21,25-30,32,34,61H,4-6,8-9,11-15,22-24,31,33,35-60H2,1-3H3/b10-7-,19-16-,20-17-,21-18-,28-25-,29-26-,30-27-,34-32-. The number of hydrogen-bond acceptors (Lipinski definition) is 5. The van der Waals surface area contributed by atoms with Crippen molar-refractivity contribution in [3.63, 3.8) is 0 Å². The molecule has 0 aliphatic carbocycles. The summed E-state index contributed by atoms with van der Waals surface area (Å²) in [6.07, 6.45) is 78.5. The molecule has 390 valence electrons. The Balaban J connectivity index is 4.34. The van der Waals surface area contributed by atoms with Crippen LogP contribution in [0.3, 0.4) is 0 Å². The van der Waals surface area contributed by atoms with E-state index in [0.717, 1.165) is 96.3 Å². The van der Waals surface area contributed by atoms with Crippen LogP contribution in [0.25, 0.3) is 0 Å². The van der Waals surface area contributed by atoms with Crippen LogP contribution in [-0.2, 0) is 23.8 Å². The molecule has 0 aromatic heterocycles. The van der Waals surface area contributed by atoms with Crippen molar-refractivity contribution < 1.29 is 23.8 Å². The summed E-state index contributed by atoms with van der Waals surface area (Å²) < 4.78 is 17.5. The molecule has 0 amide bonds. The van der Waals surface area contributed by atoms with Gasteiger partial charge in [-0.3, -0.25) is 9.59 Å². The molecule has 0 fully saturated rings. The van der Waals surface area contributed by atoms with Gasteiger partial charge in [-0.25, -0.2) is 0 Å². The van der Waals surface area contributed by atoms with Gasteiger partial charge in [0.2, 0.25) is 0 Å². The summed E-state index contributed by atoms with van der Waals surface area (Å²) in [7, 11) is 0. The van der Waals surface area contributed by atoms with E-state index in [4.69, 9.17) is 14.2 Å². The fraction of sp³-hybridized carbons (Fsp3) is 0.714. The minimum absolute atomic E-state index is 0.0660. The summed E-state index contributed by atoms with van der Waals surface area (Å²) in [5.74, 6) is -0.426. The molecule has 0 aromatic rings. The van der Waals surface area contributed by atoms with Gasteiger partial charge < -0.3 is 14.2 Å². The molecule has 1 unspecified atom stereocenters.